The van der Waals surface area contributed by atoms with Crippen LogP contribution in [0.25, 0.3) is 0 Å². The van der Waals surface area contributed by atoms with Crippen LogP contribution in [-0.4, -0.2) is 9.91 Å². The lowest BCUT2D eigenvalue weighted by molar-refractivity contribution is 0.257. The van der Waals surface area contributed by atoms with Crippen molar-refractivity contribution < 1.29 is 0 Å². The Hall–Kier alpha value is -0.960. The number of hydrogen-bond donors (Lipinski definition) is 1. The Bertz CT molecular complexity index is 466. The maximum atomic E-state index is 4.59. The van der Waals surface area contributed by atoms with E-state index in [-0.39, 0.29) is 4.87 Å². The van der Waals surface area contributed by atoms with Crippen molar-refractivity contribution >= 4 is 16.8 Å². The summed E-state index contributed by atoms with van der Waals surface area (Å²) in [6.07, 6.45) is 5.24. The van der Waals surface area contributed by atoms with Crippen LogP contribution in [0.3, 0.4) is 0 Å². The van der Waals surface area contributed by atoms with E-state index in [2.05, 4.69) is 48.6 Å². The van der Waals surface area contributed by atoms with Gasteiger partial charge in [0.1, 0.15) is 9.91 Å². The van der Waals surface area contributed by atoms with E-state index in [4.69, 9.17) is 0 Å². The molecule has 1 saturated carbocycles. The van der Waals surface area contributed by atoms with E-state index < -0.39 is 0 Å². The first-order chi connectivity index (χ1) is 8.70. The first-order valence-electron chi connectivity index (χ1n) is 6.80. The Morgan fingerprint density at radius 3 is 2.78 bits per heavy atom. The van der Waals surface area contributed by atoms with Crippen LogP contribution in [0.4, 0.5) is 0 Å². The first-order valence-corrected chi connectivity index (χ1v) is 7.62. The van der Waals surface area contributed by atoms with Crippen molar-refractivity contribution in [1.29, 1.82) is 0 Å². The zero-order chi connectivity index (χ0) is 12.6. The fraction of sp³-hybridized carbons (Fsp3) is 0.533. The summed E-state index contributed by atoms with van der Waals surface area (Å²) in [7, 11) is 0. The van der Waals surface area contributed by atoms with Crippen molar-refractivity contribution in [2.24, 2.45) is 11.0 Å². The highest BCUT2D eigenvalue weighted by Gasteiger charge is 2.43. The molecule has 2 nitrogen and oxygen atoms in total. The Morgan fingerprint density at radius 1 is 1.28 bits per heavy atom. The third-order valence-electron chi connectivity index (χ3n) is 4.16. The Labute approximate surface area is 113 Å². The topological polar surface area (TPSA) is 24.4 Å². The fourth-order valence-corrected chi connectivity index (χ4v) is 4.17. The molecule has 1 fully saturated rings. The molecule has 96 valence electrons. The summed E-state index contributed by atoms with van der Waals surface area (Å²) in [5, 5.41) is 5.75. The molecule has 2 atom stereocenters. The Morgan fingerprint density at radius 2 is 2.06 bits per heavy atom. The monoisotopic (exact) mass is 260 g/mol. The average molecular weight is 260 g/mol. The molecule has 1 spiro atoms. The number of rotatable bonds is 1. The van der Waals surface area contributed by atoms with Gasteiger partial charge in [0.05, 0.1) is 0 Å². The predicted molar refractivity (Wildman–Crippen MR) is 78.8 cm³/mol. The first kappa shape index (κ1) is 12.1. The molecule has 0 aromatic heterocycles. The standard InChI is InChI=1S/C15H20N2S/c1-11-6-8-13(9-7-11)14-16-17-15(18-14)10-4-3-5-12(15)2/h6-9,12,17H,3-5,10H2,1-2H3/t12-,15-/m0/s1. The average Bonchev–Trinajstić information content (AvgIpc) is 2.80. The summed E-state index contributed by atoms with van der Waals surface area (Å²) >= 11 is 1.94. The minimum absolute atomic E-state index is 0.165. The van der Waals surface area contributed by atoms with Gasteiger partial charge in [0.25, 0.3) is 0 Å². The largest absolute Gasteiger partial charge is 0.292 e. The molecular formula is C15H20N2S. The molecule has 1 aliphatic heterocycles. The van der Waals surface area contributed by atoms with Gasteiger partial charge >= 0.3 is 0 Å². The molecule has 1 N–H and O–H groups in total. The van der Waals surface area contributed by atoms with E-state index in [1.165, 1.54) is 36.8 Å². The highest BCUT2D eigenvalue weighted by Crippen LogP contribution is 2.46. The van der Waals surface area contributed by atoms with Gasteiger partial charge in [-0.15, -0.1) is 0 Å². The van der Waals surface area contributed by atoms with Gasteiger partial charge < -0.3 is 0 Å². The molecular weight excluding hydrogens is 240 g/mol. The number of thioether (sulfide) groups is 1. The van der Waals surface area contributed by atoms with Gasteiger partial charge in [-0.1, -0.05) is 61.4 Å². The SMILES string of the molecule is Cc1ccc(C2=NN[C@@]3(CCCC[C@@H]3C)S2)cc1. The highest BCUT2D eigenvalue weighted by molar-refractivity contribution is 8.15. The van der Waals surface area contributed by atoms with Crippen molar-refractivity contribution in [3.8, 4) is 0 Å². The molecule has 0 amide bonds. The van der Waals surface area contributed by atoms with Crippen LogP contribution < -0.4 is 5.43 Å². The lowest BCUT2D eigenvalue weighted by Gasteiger charge is -2.38. The molecule has 18 heavy (non-hydrogen) atoms. The summed E-state index contributed by atoms with van der Waals surface area (Å²) in [6.45, 7) is 4.48. The summed E-state index contributed by atoms with van der Waals surface area (Å²) in [6, 6.07) is 8.67. The van der Waals surface area contributed by atoms with Crippen LogP contribution in [0.1, 0.15) is 43.7 Å². The molecule has 0 saturated heterocycles. The third-order valence-corrected chi connectivity index (χ3v) is 5.74. The zero-order valence-electron chi connectivity index (χ0n) is 11.1. The molecule has 0 bridgehead atoms. The molecule has 0 unspecified atom stereocenters. The molecule has 3 rings (SSSR count). The van der Waals surface area contributed by atoms with Crippen LogP contribution in [0.5, 0.6) is 0 Å². The minimum atomic E-state index is 0.165. The van der Waals surface area contributed by atoms with Gasteiger partial charge in [0.2, 0.25) is 0 Å². The molecule has 3 heteroatoms. The number of hydrogen-bond acceptors (Lipinski definition) is 3. The summed E-state index contributed by atoms with van der Waals surface area (Å²) in [5.41, 5.74) is 5.98. The maximum Gasteiger partial charge on any atom is 0.126 e. The Balaban J connectivity index is 1.79. The predicted octanol–water partition coefficient (Wildman–Crippen LogP) is 3.90. The van der Waals surface area contributed by atoms with E-state index in [0.29, 0.717) is 5.92 Å². The third kappa shape index (κ3) is 2.05. The summed E-state index contributed by atoms with van der Waals surface area (Å²) in [4.78, 5) is 0.165. The Kier molecular flexibility index (Phi) is 3.10. The van der Waals surface area contributed by atoms with Crippen LogP contribution in [0.2, 0.25) is 0 Å². The van der Waals surface area contributed by atoms with Crippen molar-refractivity contribution in [2.45, 2.75) is 44.4 Å². The summed E-state index contributed by atoms with van der Waals surface area (Å²) < 4.78 is 0. The lowest BCUT2D eigenvalue weighted by Crippen LogP contribution is -2.44. The van der Waals surface area contributed by atoms with Gasteiger partial charge in [-0.2, -0.15) is 5.10 Å². The number of nitrogens with one attached hydrogen (secondary N) is 1. The van der Waals surface area contributed by atoms with Crippen LogP contribution in [-0.2, 0) is 0 Å². The molecule has 1 aromatic rings. The number of benzene rings is 1. The fourth-order valence-electron chi connectivity index (χ4n) is 2.82. The van der Waals surface area contributed by atoms with Crippen LogP contribution >= 0.6 is 11.8 Å². The summed E-state index contributed by atoms with van der Waals surface area (Å²) in [5.74, 6) is 0.697. The minimum Gasteiger partial charge on any atom is -0.292 e. The van der Waals surface area contributed by atoms with Gasteiger partial charge in [-0.3, -0.25) is 5.43 Å². The molecule has 2 aliphatic rings. The lowest BCUT2D eigenvalue weighted by atomic mass is 9.85. The second-order valence-corrected chi connectivity index (χ2v) is 6.85. The van der Waals surface area contributed by atoms with E-state index in [9.17, 15) is 0 Å². The number of aryl methyl sites for hydroxylation is 1. The van der Waals surface area contributed by atoms with E-state index in [1.807, 2.05) is 11.8 Å². The second-order valence-electron chi connectivity index (χ2n) is 5.53. The molecule has 0 radical (unpaired) electrons. The quantitative estimate of drug-likeness (QED) is 0.828. The smallest absolute Gasteiger partial charge is 0.126 e. The van der Waals surface area contributed by atoms with Crippen LogP contribution in [0, 0.1) is 12.8 Å². The highest BCUT2D eigenvalue weighted by atomic mass is 32.2. The molecule has 1 heterocycles. The van der Waals surface area contributed by atoms with E-state index in [0.717, 1.165) is 5.04 Å². The number of nitrogens with zero attached hydrogens (tertiary/aromatic N) is 1. The van der Waals surface area contributed by atoms with Crippen molar-refractivity contribution in [3.05, 3.63) is 35.4 Å². The van der Waals surface area contributed by atoms with Crippen LogP contribution in [0.15, 0.2) is 29.4 Å². The van der Waals surface area contributed by atoms with Gasteiger partial charge in [-0.25, -0.2) is 0 Å². The van der Waals surface area contributed by atoms with E-state index in [1.54, 1.807) is 0 Å². The maximum absolute atomic E-state index is 4.59. The van der Waals surface area contributed by atoms with Gasteiger partial charge in [-0.05, 0) is 25.7 Å². The second kappa shape index (κ2) is 4.61. The van der Waals surface area contributed by atoms with Gasteiger partial charge in [0.15, 0.2) is 0 Å². The number of hydrazone groups is 1. The van der Waals surface area contributed by atoms with Gasteiger partial charge in [0, 0.05) is 5.56 Å². The molecule has 1 aromatic carbocycles. The normalized spacial score (nSPS) is 31.2. The zero-order valence-corrected chi connectivity index (χ0v) is 11.9. The van der Waals surface area contributed by atoms with E-state index >= 15 is 0 Å². The van der Waals surface area contributed by atoms with Crippen molar-refractivity contribution in [2.75, 3.05) is 0 Å². The van der Waals surface area contributed by atoms with Crippen molar-refractivity contribution in [3.63, 3.8) is 0 Å². The molecule has 1 aliphatic carbocycles. The van der Waals surface area contributed by atoms with Crippen molar-refractivity contribution in [1.82, 2.24) is 5.43 Å².